The summed E-state index contributed by atoms with van der Waals surface area (Å²) in [5.41, 5.74) is 6.35. The van der Waals surface area contributed by atoms with Gasteiger partial charge in [0.25, 0.3) is 0 Å². The number of carbonyl (C=O) groups excluding carboxylic acids is 1. The molecule has 1 aromatic rings. The Labute approximate surface area is 98.9 Å². The normalized spacial score (nSPS) is 12.9. The van der Waals surface area contributed by atoms with Crippen LogP contribution in [0.4, 0.5) is 0 Å². The zero-order valence-electron chi connectivity index (χ0n) is 11.2. The third-order valence-electron chi connectivity index (χ3n) is 3.62. The molecule has 0 bridgehead atoms. The molecule has 16 heavy (non-hydrogen) atoms. The number of carbonyl (C=O) groups is 1. The van der Waals surface area contributed by atoms with Crippen LogP contribution in [0.15, 0.2) is 6.07 Å². The summed E-state index contributed by atoms with van der Waals surface area (Å²) in [6, 6.07) is 2.20. The van der Waals surface area contributed by atoms with Crippen LogP contribution in [0.5, 0.6) is 0 Å². The standard InChI is InChI=1S/C15H22O/c1-9(2)14(8-16)15-12(5)10(3)7-11(4)13(15)6/h7-9,14H,1-6H3. The lowest BCUT2D eigenvalue weighted by molar-refractivity contribution is -0.109. The van der Waals surface area contributed by atoms with E-state index in [1.54, 1.807) is 0 Å². The smallest absolute Gasteiger partial charge is 0.127 e. The van der Waals surface area contributed by atoms with Gasteiger partial charge in [0.15, 0.2) is 0 Å². The number of aryl methyl sites for hydroxylation is 2. The SMILES string of the molecule is Cc1cc(C)c(C)c(C(C=O)C(C)C)c1C. The van der Waals surface area contributed by atoms with Crippen LogP contribution in [-0.4, -0.2) is 6.29 Å². The van der Waals surface area contributed by atoms with Crippen molar-refractivity contribution in [3.05, 3.63) is 33.9 Å². The summed E-state index contributed by atoms with van der Waals surface area (Å²) in [6.45, 7) is 12.7. The lowest BCUT2D eigenvalue weighted by Gasteiger charge is -2.22. The maximum Gasteiger partial charge on any atom is 0.127 e. The van der Waals surface area contributed by atoms with Gasteiger partial charge in [-0.3, -0.25) is 0 Å². The van der Waals surface area contributed by atoms with Gasteiger partial charge in [-0.2, -0.15) is 0 Å². The molecule has 1 unspecified atom stereocenters. The fourth-order valence-electron chi connectivity index (χ4n) is 2.31. The van der Waals surface area contributed by atoms with Crippen molar-refractivity contribution in [1.29, 1.82) is 0 Å². The molecule has 0 saturated heterocycles. The predicted molar refractivity (Wildman–Crippen MR) is 69.0 cm³/mol. The average Bonchev–Trinajstić information content (AvgIpc) is 2.21. The molecule has 1 nitrogen and oxygen atoms in total. The van der Waals surface area contributed by atoms with Crippen LogP contribution in [0.3, 0.4) is 0 Å². The number of benzene rings is 1. The molecule has 1 rings (SSSR count). The monoisotopic (exact) mass is 218 g/mol. The minimum atomic E-state index is 0.0265. The third-order valence-corrected chi connectivity index (χ3v) is 3.62. The Hall–Kier alpha value is -1.11. The second-order valence-corrected chi connectivity index (χ2v) is 5.08. The Morgan fingerprint density at radius 2 is 1.44 bits per heavy atom. The van der Waals surface area contributed by atoms with Crippen molar-refractivity contribution < 1.29 is 4.79 Å². The molecule has 0 amide bonds. The molecule has 0 aliphatic heterocycles. The topological polar surface area (TPSA) is 17.1 Å². The summed E-state index contributed by atoms with van der Waals surface area (Å²) in [5, 5.41) is 0. The molecule has 0 fully saturated rings. The fraction of sp³-hybridized carbons (Fsp3) is 0.533. The summed E-state index contributed by atoms with van der Waals surface area (Å²) >= 11 is 0. The first kappa shape index (κ1) is 13.0. The van der Waals surface area contributed by atoms with Crippen LogP contribution >= 0.6 is 0 Å². The van der Waals surface area contributed by atoms with E-state index in [1.165, 1.54) is 27.8 Å². The van der Waals surface area contributed by atoms with E-state index in [1.807, 2.05) is 0 Å². The van der Waals surface area contributed by atoms with Gasteiger partial charge >= 0.3 is 0 Å². The minimum Gasteiger partial charge on any atom is -0.303 e. The van der Waals surface area contributed by atoms with Crippen LogP contribution in [-0.2, 0) is 4.79 Å². The quantitative estimate of drug-likeness (QED) is 0.704. The van der Waals surface area contributed by atoms with Gasteiger partial charge in [-0.05, 0) is 61.4 Å². The Bertz CT molecular complexity index is 376. The summed E-state index contributed by atoms with van der Waals surface area (Å²) in [6.07, 6.45) is 1.10. The highest BCUT2D eigenvalue weighted by molar-refractivity contribution is 5.66. The number of hydrogen-bond donors (Lipinski definition) is 0. The van der Waals surface area contributed by atoms with Crippen LogP contribution < -0.4 is 0 Å². The average molecular weight is 218 g/mol. The van der Waals surface area contributed by atoms with Crippen LogP contribution in [0.1, 0.15) is 47.6 Å². The Kier molecular flexibility index (Phi) is 3.90. The van der Waals surface area contributed by atoms with Gasteiger partial charge in [-0.15, -0.1) is 0 Å². The van der Waals surface area contributed by atoms with Gasteiger partial charge in [0.05, 0.1) is 0 Å². The van der Waals surface area contributed by atoms with Crippen molar-refractivity contribution in [2.24, 2.45) is 5.92 Å². The van der Waals surface area contributed by atoms with Gasteiger partial charge in [0.2, 0.25) is 0 Å². The van der Waals surface area contributed by atoms with E-state index in [2.05, 4.69) is 47.6 Å². The molecule has 1 atom stereocenters. The Morgan fingerprint density at radius 1 is 1.00 bits per heavy atom. The van der Waals surface area contributed by atoms with Gasteiger partial charge in [0.1, 0.15) is 6.29 Å². The number of rotatable bonds is 3. The molecule has 0 aliphatic rings. The number of hydrogen-bond acceptors (Lipinski definition) is 1. The van der Waals surface area contributed by atoms with Crippen LogP contribution in [0.2, 0.25) is 0 Å². The first-order valence-electron chi connectivity index (χ1n) is 5.92. The highest BCUT2D eigenvalue weighted by Crippen LogP contribution is 2.31. The molecule has 0 aliphatic carbocycles. The Balaban J connectivity index is 3.47. The highest BCUT2D eigenvalue weighted by atomic mass is 16.1. The number of aldehydes is 1. The van der Waals surface area contributed by atoms with Gasteiger partial charge in [-0.25, -0.2) is 0 Å². The summed E-state index contributed by atoms with van der Waals surface area (Å²) in [5.74, 6) is 0.384. The Morgan fingerprint density at radius 3 is 1.75 bits per heavy atom. The molecular weight excluding hydrogens is 196 g/mol. The van der Waals surface area contributed by atoms with Crippen molar-refractivity contribution >= 4 is 6.29 Å². The molecule has 1 aromatic carbocycles. The largest absolute Gasteiger partial charge is 0.303 e. The van der Waals surface area contributed by atoms with Gasteiger partial charge < -0.3 is 4.79 Å². The van der Waals surface area contributed by atoms with Gasteiger partial charge in [-0.1, -0.05) is 19.9 Å². The van der Waals surface area contributed by atoms with E-state index in [0.29, 0.717) is 5.92 Å². The molecule has 0 aromatic heterocycles. The summed E-state index contributed by atoms with van der Waals surface area (Å²) in [7, 11) is 0. The van der Waals surface area contributed by atoms with E-state index in [4.69, 9.17) is 0 Å². The maximum absolute atomic E-state index is 11.3. The van der Waals surface area contributed by atoms with E-state index in [-0.39, 0.29) is 5.92 Å². The molecular formula is C15H22O. The van der Waals surface area contributed by atoms with Crippen LogP contribution in [0, 0.1) is 33.6 Å². The lowest BCUT2D eigenvalue weighted by Crippen LogP contribution is -2.13. The van der Waals surface area contributed by atoms with E-state index < -0.39 is 0 Å². The van der Waals surface area contributed by atoms with E-state index in [0.717, 1.165) is 6.29 Å². The highest BCUT2D eigenvalue weighted by Gasteiger charge is 2.20. The maximum atomic E-state index is 11.3. The van der Waals surface area contributed by atoms with Crippen molar-refractivity contribution in [3.8, 4) is 0 Å². The summed E-state index contributed by atoms with van der Waals surface area (Å²) in [4.78, 5) is 11.3. The predicted octanol–water partition coefficient (Wildman–Crippen LogP) is 3.86. The summed E-state index contributed by atoms with van der Waals surface area (Å²) < 4.78 is 0. The second kappa shape index (κ2) is 4.82. The van der Waals surface area contributed by atoms with Crippen molar-refractivity contribution in [2.75, 3.05) is 0 Å². The second-order valence-electron chi connectivity index (χ2n) is 5.08. The van der Waals surface area contributed by atoms with Crippen molar-refractivity contribution in [3.63, 3.8) is 0 Å². The van der Waals surface area contributed by atoms with Crippen molar-refractivity contribution in [2.45, 2.75) is 47.5 Å². The molecule has 1 heteroatoms. The molecule has 88 valence electrons. The van der Waals surface area contributed by atoms with E-state index in [9.17, 15) is 4.79 Å². The first-order chi connectivity index (χ1) is 7.40. The van der Waals surface area contributed by atoms with Gasteiger partial charge in [0, 0.05) is 5.92 Å². The van der Waals surface area contributed by atoms with Crippen molar-refractivity contribution in [1.82, 2.24) is 0 Å². The third kappa shape index (κ3) is 2.18. The first-order valence-corrected chi connectivity index (χ1v) is 5.92. The minimum absolute atomic E-state index is 0.0265. The fourth-order valence-corrected chi connectivity index (χ4v) is 2.31. The zero-order valence-corrected chi connectivity index (χ0v) is 11.2. The molecule has 0 spiro atoms. The lowest BCUT2D eigenvalue weighted by atomic mass is 9.81. The van der Waals surface area contributed by atoms with Crippen LogP contribution in [0.25, 0.3) is 0 Å². The molecule has 0 radical (unpaired) electrons. The molecule has 0 N–H and O–H groups in total. The zero-order chi connectivity index (χ0) is 12.5. The molecule has 0 heterocycles. The van der Waals surface area contributed by atoms with E-state index >= 15 is 0 Å². The molecule has 0 saturated carbocycles.